The highest BCUT2D eigenvalue weighted by Gasteiger charge is 2.30. The number of esters is 1. The molecule has 0 bridgehead atoms. The summed E-state index contributed by atoms with van der Waals surface area (Å²) in [5.74, 6) is -0.252. The van der Waals surface area contributed by atoms with Crippen molar-refractivity contribution >= 4 is 14.9 Å². The Kier molecular flexibility index (Phi) is 6.21. The first-order valence-electron chi connectivity index (χ1n) is 5.69. The van der Waals surface area contributed by atoms with E-state index >= 15 is 0 Å². The van der Waals surface area contributed by atoms with E-state index in [9.17, 15) is 4.79 Å². The second-order valence-electron chi connectivity index (χ2n) is 5.26. The van der Waals surface area contributed by atoms with Gasteiger partial charge in [0.05, 0.1) is 18.8 Å². The maximum Gasteiger partial charge on any atom is 0.324 e. The number of carbonyl (C=O) groups is 1. The normalized spacial score (nSPS) is 16.0. The predicted octanol–water partition coefficient (Wildman–Crippen LogP) is 1.30. The Labute approximate surface area is 100 Å². The zero-order valence-electron chi connectivity index (χ0n) is 11.5. The molecule has 0 rings (SSSR count). The molecule has 0 saturated heterocycles. The largest absolute Gasteiger partial charge is 0.468 e. The van der Waals surface area contributed by atoms with E-state index in [0.717, 1.165) is 0 Å². The van der Waals surface area contributed by atoms with Crippen LogP contribution in [0.2, 0.25) is 13.1 Å². The molecule has 5 heteroatoms. The summed E-state index contributed by atoms with van der Waals surface area (Å²) in [6.45, 7) is 12.1. The van der Waals surface area contributed by atoms with E-state index < -0.39 is 8.96 Å². The molecular weight excluding hydrogens is 222 g/mol. The van der Waals surface area contributed by atoms with Crippen molar-refractivity contribution in [2.45, 2.75) is 58.5 Å². The van der Waals surface area contributed by atoms with E-state index in [2.05, 4.69) is 18.1 Å². The van der Waals surface area contributed by atoms with Crippen LogP contribution >= 0.6 is 0 Å². The molecule has 0 saturated carbocycles. The van der Waals surface area contributed by atoms with E-state index in [-0.39, 0.29) is 23.7 Å². The summed E-state index contributed by atoms with van der Waals surface area (Å²) in [5, 5.41) is 0. The number of carbonyl (C=O) groups excluding carboxylic acids is 1. The van der Waals surface area contributed by atoms with Crippen LogP contribution in [0.15, 0.2) is 0 Å². The van der Waals surface area contributed by atoms with Gasteiger partial charge in [-0.3, -0.25) is 4.79 Å². The molecule has 0 aromatic heterocycles. The second kappa shape index (κ2) is 6.37. The molecule has 1 N–H and O–H groups in total. The van der Waals surface area contributed by atoms with Crippen LogP contribution in [-0.2, 0) is 14.3 Å². The van der Waals surface area contributed by atoms with Gasteiger partial charge in [-0.2, -0.15) is 0 Å². The maximum absolute atomic E-state index is 11.6. The van der Waals surface area contributed by atoms with Gasteiger partial charge in [0, 0.05) is 0 Å². The lowest BCUT2D eigenvalue weighted by Crippen LogP contribution is -2.52. The first-order valence-corrected chi connectivity index (χ1v) is 8.57. The molecule has 96 valence electrons. The molecule has 2 unspecified atom stereocenters. The molecule has 0 aliphatic carbocycles. The van der Waals surface area contributed by atoms with Gasteiger partial charge in [-0.15, -0.1) is 0 Å². The Balaban J connectivity index is 4.56. The molecule has 4 nitrogen and oxygen atoms in total. The maximum atomic E-state index is 11.6. The second-order valence-corrected chi connectivity index (χ2v) is 7.90. The van der Waals surface area contributed by atoms with Gasteiger partial charge in [0.1, 0.15) is 15.0 Å². The molecule has 0 aliphatic rings. The SMILES string of the molecule is COC(=O)C(N[SiH](C)C)C(C)OC(C)(C)C. The van der Waals surface area contributed by atoms with Crippen molar-refractivity contribution < 1.29 is 14.3 Å². The molecule has 0 aliphatic heterocycles. The number of hydrogen-bond donors (Lipinski definition) is 1. The standard InChI is InChI=1S/C11H25NO3Si/c1-8(15-11(2,3)4)9(10(13)14-5)12-16(6)7/h8-9,12,16H,1-7H3. The van der Waals surface area contributed by atoms with E-state index in [1.54, 1.807) is 0 Å². The molecule has 16 heavy (non-hydrogen) atoms. The number of rotatable bonds is 5. The number of methoxy groups -OCH3 is 1. The fraction of sp³-hybridized carbons (Fsp3) is 0.909. The Morgan fingerprint density at radius 3 is 2.12 bits per heavy atom. The van der Waals surface area contributed by atoms with Crippen molar-refractivity contribution in [3.63, 3.8) is 0 Å². The quantitative estimate of drug-likeness (QED) is 0.588. The van der Waals surface area contributed by atoms with Gasteiger partial charge < -0.3 is 14.5 Å². The minimum absolute atomic E-state index is 0.192. The first-order chi connectivity index (χ1) is 7.17. The summed E-state index contributed by atoms with van der Waals surface area (Å²) in [7, 11) is 0.352. The Hall–Kier alpha value is -0.393. The van der Waals surface area contributed by atoms with Gasteiger partial charge in [-0.05, 0) is 27.7 Å². The van der Waals surface area contributed by atoms with Crippen molar-refractivity contribution in [1.29, 1.82) is 0 Å². The fourth-order valence-electron chi connectivity index (χ4n) is 1.51. The van der Waals surface area contributed by atoms with Crippen LogP contribution in [0, 0.1) is 0 Å². The lowest BCUT2D eigenvalue weighted by atomic mass is 10.1. The zero-order chi connectivity index (χ0) is 12.9. The van der Waals surface area contributed by atoms with Gasteiger partial charge in [-0.25, -0.2) is 0 Å². The molecular formula is C11H25NO3Si. The van der Waals surface area contributed by atoms with Gasteiger partial charge >= 0.3 is 5.97 Å². The highest BCUT2D eigenvalue weighted by molar-refractivity contribution is 6.53. The van der Waals surface area contributed by atoms with E-state index in [4.69, 9.17) is 9.47 Å². The first kappa shape index (κ1) is 15.6. The average Bonchev–Trinajstić information content (AvgIpc) is 2.09. The van der Waals surface area contributed by atoms with Crippen molar-refractivity contribution in [3.05, 3.63) is 0 Å². The molecule has 0 heterocycles. The number of hydrogen-bond acceptors (Lipinski definition) is 4. The highest BCUT2D eigenvalue weighted by atomic mass is 28.3. The smallest absolute Gasteiger partial charge is 0.324 e. The molecule has 0 aromatic carbocycles. The van der Waals surface area contributed by atoms with Gasteiger partial charge in [0.25, 0.3) is 0 Å². The predicted molar refractivity (Wildman–Crippen MR) is 68.1 cm³/mol. The molecule has 2 atom stereocenters. The third-order valence-electron chi connectivity index (χ3n) is 1.98. The minimum atomic E-state index is -1.05. The summed E-state index contributed by atoms with van der Waals surface area (Å²) >= 11 is 0. The van der Waals surface area contributed by atoms with Crippen molar-refractivity contribution in [1.82, 2.24) is 4.98 Å². The summed E-state index contributed by atoms with van der Waals surface area (Å²) in [5.41, 5.74) is -0.258. The molecule has 0 radical (unpaired) electrons. The number of nitrogens with one attached hydrogen (secondary N) is 1. The summed E-state index contributed by atoms with van der Waals surface area (Å²) < 4.78 is 10.6. The van der Waals surface area contributed by atoms with Crippen LogP contribution in [0.25, 0.3) is 0 Å². The van der Waals surface area contributed by atoms with Crippen molar-refractivity contribution in [2.24, 2.45) is 0 Å². The van der Waals surface area contributed by atoms with Crippen LogP contribution in [0.5, 0.6) is 0 Å². The third-order valence-corrected chi connectivity index (χ3v) is 3.00. The summed E-state index contributed by atoms with van der Waals surface area (Å²) in [4.78, 5) is 14.9. The van der Waals surface area contributed by atoms with Crippen LogP contribution < -0.4 is 4.98 Å². The monoisotopic (exact) mass is 247 g/mol. The van der Waals surface area contributed by atoms with Gasteiger partial charge in [-0.1, -0.05) is 13.1 Å². The van der Waals surface area contributed by atoms with Crippen LogP contribution in [-0.4, -0.2) is 39.8 Å². The summed E-state index contributed by atoms with van der Waals surface area (Å²) in [6, 6.07) is -0.365. The van der Waals surface area contributed by atoms with E-state index in [0.29, 0.717) is 0 Å². The van der Waals surface area contributed by atoms with E-state index in [1.165, 1.54) is 7.11 Å². The molecule has 0 spiro atoms. The van der Waals surface area contributed by atoms with Gasteiger partial charge in [0.2, 0.25) is 0 Å². The highest BCUT2D eigenvalue weighted by Crippen LogP contribution is 2.13. The Morgan fingerprint density at radius 2 is 1.81 bits per heavy atom. The summed E-state index contributed by atoms with van der Waals surface area (Å²) in [6.07, 6.45) is -0.192. The zero-order valence-corrected chi connectivity index (χ0v) is 12.6. The minimum Gasteiger partial charge on any atom is -0.468 e. The fourth-order valence-corrected chi connectivity index (χ4v) is 2.63. The third kappa shape index (κ3) is 6.25. The van der Waals surface area contributed by atoms with E-state index in [1.807, 2.05) is 27.7 Å². The molecule has 0 amide bonds. The van der Waals surface area contributed by atoms with Crippen LogP contribution in [0.1, 0.15) is 27.7 Å². The lowest BCUT2D eigenvalue weighted by molar-refractivity contribution is -0.150. The Bertz CT molecular complexity index is 226. The lowest BCUT2D eigenvalue weighted by Gasteiger charge is -2.30. The van der Waals surface area contributed by atoms with Crippen molar-refractivity contribution in [3.8, 4) is 0 Å². The molecule has 0 fully saturated rings. The van der Waals surface area contributed by atoms with Gasteiger partial charge in [0.15, 0.2) is 0 Å². The molecule has 0 aromatic rings. The van der Waals surface area contributed by atoms with Crippen LogP contribution in [0.3, 0.4) is 0 Å². The number of ether oxygens (including phenoxy) is 2. The topological polar surface area (TPSA) is 47.6 Å². The Morgan fingerprint density at radius 1 is 1.31 bits per heavy atom. The van der Waals surface area contributed by atoms with Crippen molar-refractivity contribution in [2.75, 3.05) is 7.11 Å². The average molecular weight is 247 g/mol. The van der Waals surface area contributed by atoms with Crippen LogP contribution in [0.4, 0.5) is 0 Å².